The molecule has 3 aromatic rings. The van der Waals surface area contributed by atoms with Gasteiger partial charge in [0.25, 0.3) is 0 Å². The number of halogens is 1. The Hall–Kier alpha value is -3.41. The third kappa shape index (κ3) is 4.85. The molecular formula is C22H21FN2O3. The first kappa shape index (κ1) is 19.4. The highest BCUT2D eigenvalue weighted by Crippen LogP contribution is 2.19. The van der Waals surface area contributed by atoms with Gasteiger partial charge in [-0.3, -0.25) is 4.79 Å². The van der Waals surface area contributed by atoms with Crippen molar-refractivity contribution in [1.29, 1.82) is 0 Å². The fourth-order valence-corrected chi connectivity index (χ4v) is 2.92. The van der Waals surface area contributed by atoms with Gasteiger partial charge in [-0.05, 0) is 42.3 Å². The van der Waals surface area contributed by atoms with Gasteiger partial charge >= 0.3 is 5.97 Å². The molecule has 0 aliphatic rings. The minimum atomic E-state index is -0.815. The number of carbonyl (C=O) groups is 2. The first-order valence-electron chi connectivity index (χ1n) is 9.02. The summed E-state index contributed by atoms with van der Waals surface area (Å²) in [5.41, 5.74) is 2.56. The fourth-order valence-electron chi connectivity index (χ4n) is 2.92. The molecule has 1 aromatic heterocycles. The van der Waals surface area contributed by atoms with Crippen molar-refractivity contribution in [1.82, 2.24) is 10.3 Å². The quantitative estimate of drug-likeness (QED) is 0.486. The average Bonchev–Trinajstić information content (AvgIpc) is 3.10. The van der Waals surface area contributed by atoms with Gasteiger partial charge in [-0.2, -0.15) is 0 Å². The Morgan fingerprint density at radius 2 is 1.93 bits per heavy atom. The van der Waals surface area contributed by atoms with E-state index in [1.165, 1.54) is 18.2 Å². The second kappa shape index (κ2) is 8.99. The average molecular weight is 380 g/mol. The number of carbonyl (C=O) groups excluding carboxylic acids is 2. The molecule has 144 valence electrons. The van der Waals surface area contributed by atoms with Crippen LogP contribution in [0.2, 0.25) is 0 Å². The SMILES string of the molecule is CCOC(=O)[C@H](Cc1c[nH]c2ccccc12)NC(=O)/C=C/c1ccc(F)cc1. The molecule has 0 unspecified atom stereocenters. The van der Waals surface area contributed by atoms with Crippen LogP contribution in [-0.2, 0) is 20.7 Å². The van der Waals surface area contributed by atoms with Crippen molar-refractivity contribution in [2.45, 2.75) is 19.4 Å². The van der Waals surface area contributed by atoms with Gasteiger partial charge in [-0.1, -0.05) is 30.3 Å². The van der Waals surface area contributed by atoms with E-state index in [0.29, 0.717) is 12.0 Å². The van der Waals surface area contributed by atoms with Crippen molar-refractivity contribution in [3.8, 4) is 0 Å². The minimum Gasteiger partial charge on any atom is -0.464 e. The van der Waals surface area contributed by atoms with Crippen LogP contribution in [-0.4, -0.2) is 29.5 Å². The molecule has 0 fully saturated rings. The number of esters is 1. The van der Waals surface area contributed by atoms with Crippen LogP contribution in [0, 0.1) is 5.82 Å². The largest absolute Gasteiger partial charge is 0.464 e. The fraction of sp³-hybridized carbons (Fsp3) is 0.182. The van der Waals surface area contributed by atoms with Crippen LogP contribution < -0.4 is 5.32 Å². The number of hydrogen-bond donors (Lipinski definition) is 2. The van der Waals surface area contributed by atoms with Crippen molar-refractivity contribution in [3.05, 3.63) is 77.7 Å². The Bertz CT molecular complexity index is 992. The molecule has 6 heteroatoms. The van der Waals surface area contributed by atoms with E-state index in [0.717, 1.165) is 16.5 Å². The molecule has 2 aromatic carbocycles. The van der Waals surface area contributed by atoms with Crippen molar-refractivity contribution < 1.29 is 18.7 Å². The van der Waals surface area contributed by atoms with E-state index < -0.39 is 17.9 Å². The number of aromatic amines is 1. The summed E-state index contributed by atoms with van der Waals surface area (Å²) in [7, 11) is 0. The maximum absolute atomic E-state index is 13.0. The summed E-state index contributed by atoms with van der Waals surface area (Å²) in [4.78, 5) is 27.8. The number of ether oxygens (including phenoxy) is 1. The zero-order chi connectivity index (χ0) is 19.9. The Labute approximate surface area is 162 Å². The van der Waals surface area contributed by atoms with Gasteiger partial charge in [-0.25, -0.2) is 9.18 Å². The molecule has 0 saturated heterocycles. The highest BCUT2D eigenvalue weighted by atomic mass is 19.1. The predicted octanol–water partition coefficient (Wildman–Crippen LogP) is 3.61. The Morgan fingerprint density at radius 1 is 1.18 bits per heavy atom. The van der Waals surface area contributed by atoms with Crippen LogP contribution in [0.3, 0.4) is 0 Å². The van der Waals surface area contributed by atoms with E-state index in [9.17, 15) is 14.0 Å². The van der Waals surface area contributed by atoms with Crippen LogP contribution in [0.5, 0.6) is 0 Å². The van der Waals surface area contributed by atoms with E-state index in [2.05, 4.69) is 10.3 Å². The second-order valence-corrected chi connectivity index (χ2v) is 6.26. The van der Waals surface area contributed by atoms with Gasteiger partial charge in [0.15, 0.2) is 0 Å². The van der Waals surface area contributed by atoms with E-state index in [4.69, 9.17) is 4.74 Å². The number of para-hydroxylation sites is 1. The predicted molar refractivity (Wildman–Crippen MR) is 106 cm³/mol. The Morgan fingerprint density at radius 3 is 2.68 bits per heavy atom. The van der Waals surface area contributed by atoms with E-state index in [1.54, 1.807) is 25.1 Å². The normalized spacial score (nSPS) is 12.2. The van der Waals surface area contributed by atoms with Gasteiger partial charge in [-0.15, -0.1) is 0 Å². The number of benzene rings is 2. The molecule has 5 nitrogen and oxygen atoms in total. The summed E-state index contributed by atoms with van der Waals surface area (Å²) < 4.78 is 18.1. The van der Waals surface area contributed by atoms with Gasteiger partial charge in [0.1, 0.15) is 11.9 Å². The summed E-state index contributed by atoms with van der Waals surface area (Å²) >= 11 is 0. The number of aromatic nitrogens is 1. The number of rotatable bonds is 7. The molecule has 3 rings (SSSR count). The molecule has 2 N–H and O–H groups in total. The van der Waals surface area contributed by atoms with Crippen LogP contribution in [0.1, 0.15) is 18.1 Å². The van der Waals surface area contributed by atoms with Crippen LogP contribution in [0.4, 0.5) is 4.39 Å². The summed E-state index contributed by atoms with van der Waals surface area (Å²) in [5.74, 6) is -1.26. The standard InChI is InChI=1S/C22H21FN2O3/c1-2-28-22(27)20(13-16-14-24-19-6-4-3-5-18(16)19)25-21(26)12-9-15-7-10-17(23)11-8-15/h3-12,14,20,24H,2,13H2,1H3,(H,25,26)/b12-9+/t20-/m0/s1. The smallest absolute Gasteiger partial charge is 0.328 e. The van der Waals surface area contributed by atoms with Crippen LogP contribution in [0.25, 0.3) is 17.0 Å². The molecule has 1 heterocycles. The van der Waals surface area contributed by atoms with Crippen molar-refractivity contribution in [3.63, 3.8) is 0 Å². The highest BCUT2D eigenvalue weighted by Gasteiger charge is 2.23. The van der Waals surface area contributed by atoms with E-state index in [1.807, 2.05) is 30.5 Å². The first-order chi connectivity index (χ1) is 13.6. The molecule has 1 atom stereocenters. The molecule has 1 amide bonds. The zero-order valence-electron chi connectivity index (χ0n) is 15.4. The summed E-state index contributed by atoms with van der Waals surface area (Å²) in [5, 5.41) is 3.69. The molecule has 0 radical (unpaired) electrons. The van der Waals surface area contributed by atoms with Gasteiger partial charge in [0.05, 0.1) is 6.61 Å². The minimum absolute atomic E-state index is 0.227. The van der Waals surface area contributed by atoms with Gasteiger partial charge in [0, 0.05) is 29.6 Å². The molecule has 28 heavy (non-hydrogen) atoms. The number of H-pyrrole nitrogens is 1. The summed E-state index contributed by atoms with van der Waals surface area (Å²) in [6.45, 7) is 1.95. The lowest BCUT2D eigenvalue weighted by Gasteiger charge is -2.16. The first-order valence-corrected chi connectivity index (χ1v) is 9.02. The molecule has 0 spiro atoms. The topological polar surface area (TPSA) is 71.2 Å². The third-order valence-corrected chi connectivity index (χ3v) is 4.28. The van der Waals surface area contributed by atoms with Crippen molar-refractivity contribution in [2.24, 2.45) is 0 Å². The number of amides is 1. The lowest BCUT2D eigenvalue weighted by atomic mass is 10.0. The van der Waals surface area contributed by atoms with Crippen LogP contribution in [0.15, 0.2) is 60.8 Å². The summed E-state index contributed by atoms with van der Waals surface area (Å²) in [6, 6.07) is 12.7. The van der Waals surface area contributed by atoms with Crippen molar-refractivity contribution >= 4 is 28.9 Å². The number of fused-ring (bicyclic) bond motifs is 1. The van der Waals surface area contributed by atoms with E-state index in [-0.39, 0.29) is 12.4 Å². The third-order valence-electron chi connectivity index (χ3n) is 4.28. The monoisotopic (exact) mass is 380 g/mol. The molecular weight excluding hydrogens is 359 g/mol. The maximum Gasteiger partial charge on any atom is 0.328 e. The molecule has 0 saturated carbocycles. The zero-order valence-corrected chi connectivity index (χ0v) is 15.4. The number of nitrogens with one attached hydrogen (secondary N) is 2. The lowest BCUT2D eigenvalue weighted by Crippen LogP contribution is -2.42. The molecule has 0 bridgehead atoms. The van der Waals surface area contributed by atoms with Crippen molar-refractivity contribution in [2.75, 3.05) is 6.61 Å². The number of hydrogen-bond acceptors (Lipinski definition) is 3. The molecule has 0 aliphatic carbocycles. The summed E-state index contributed by atoms with van der Waals surface area (Å²) in [6.07, 6.45) is 5.01. The van der Waals surface area contributed by atoms with Crippen LogP contribution >= 0.6 is 0 Å². The Balaban J connectivity index is 1.73. The van der Waals surface area contributed by atoms with E-state index >= 15 is 0 Å². The highest BCUT2D eigenvalue weighted by molar-refractivity contribution is 5.95. The second-order valence-electron chi connectivity index (χ2n) is 6.26. The maximum atomic E-state index is 13.0. The van der Waals surface area contributed by atoms with Gasteiger partial charge in [0.2, 0.25) is 5.91 Å². The van der Waals surface area contributed by atoms with Gasteiger partial charge < -0.3 is 15.0 Å². The Kier molecular flexibility index (Phi) is 6.22. The lowest BCUT2D eigenvalue weighted by molar-refractivity contribution is -0.146. The molecule has 0 aliphatic heterocycles.